The number of hydrogen-bond donors (Lipinski definition) is 0. The van der Waals surface area contributed by atoms with Gasteiger partial charge < -0.3 is 38.5 Å². The lowest BCUT2D eigenvalue weighted by atomic mass is 9.77. The maximum Gasteiger partial charge on any atom is 0.275 e. The zero-order chi connectivity index (χ0) is 84.1. The SMILES string of the molecule is Cc1ccc(OC2CC3CCC2N(C(=O)c2cc(C)cnc2-c2ncccn2)C3)nc1.Cc1ccc(OC2CC3CCC2N(C(=O)c2nc(C)ccc2-n2nccn2)C3)nc1.Cc1cnc(-n2nccn2)c(C(=O)N2CC3CCC2C(Oc2cnc(C)cn2)C3)c1.Cc1cnc(OC2CC3CCC2N(C(=O)c2c(F)cccc2-c2ncccn2)C3)cn1. The van der Waals surface area contributed by atoms with Gasteiger partial charge in [0, 0.05) is 99.1 Å². The molecule has 0 radical (unpaired) electrons. The lowest BCUT2D eigenvalue weighted by Crippen LogP contribution is -2.59. The van der Waals surface area contributed by atoms with Crippen molar-refractivity contribution in [2.75, 3.05) is 26.2 Å². The summed E-state index contributed by atoms with van der Waals surface area (Å²) in [5.74, 6) is 3.88. The summed E-state index contributed by atoms with van der Waals surface area (Å²) in [7, 11) is 0. The minimum absolute atomic E-state index is 0.00588. The van der Waals surface area contributed by atoms with Gasteiger partial charge in [-0.15, -0.1) is 9.59 Å². The van der Waals surface area contributed by atoms with Crippen LogP contribution in [0.15, 0.2) is 178 Å². The molecule has 4 amide bonds. The summed E-state index contributed by atoms with van der Waals surface area (Å²) in [6, 6.07) is 23.1. The van der Waals surface area contributed by atoms with Crippen molar-refractivity contribution >= 4 is 23.6 Å². The van der Waals surface area contributed by atoms with Crippen molar-refractivity contribution in [1.29, 1.82) is 0 Å². The molecule has 12 unspecified atom stereocenters. The summed E-state index contributed by atoms with van der Waals surface area (Å²) in [5, 5.41) is 16.7. The van der Waals surface area contributed by atoms with Crippen LogP contribution in [0.5, 0.6) is 23.5 Å². The molecule has 11 aromatic heterocycles. The number of rotatable bonds is 16. The summed E-state index contributed by atoms with van der Waals surface area (Å²) in [6.07, 6.45) is 37.7. The number of amides is 4. The smallest absolute Gasteiger partial charge is 0.275 e. The highest BCUT2D eigenvalue weighted by Crippen LogP contribution is 2.44. The van der Waals surface area contributed by atoms with E-state index in [9.17, 15) is 23.6 Å². The van der Waals surface area contributed by atoms with Gasteiger partial charge in [0.2, 0.25) is 23.5 Å². The number of aromatic nitrogens is 19. The van der Waals surface area contributed by atoms with Gasteiger partial charge in [-0.3, -0.25) is 34.1 Å². The summed E-state index contributed by atoms with van der Waals surface area (Å²) in [5.41, 5.74) is 9.43. The second kappa shape index (κ2) is 35.9. The van der Waals surface area contributed by atoms with Crippen LogP contribution in [0.4, 0.5) is 4.39 Å². The van der Waals surface area contributed by atoms with Gasteiger partial charge in [0.1, 0.15) is 41.6 Å². The Hall–Kier alpha value is -13.4. The van der Waals surface area contributed by atoms with Crippen molar-refractivity contribution in [3.8, 4) is 57.9 Å². The maximum atomic E-state index is 14.9. The molecule has 24 rings (SSSR count). The molecule has 8 bridgehead atoms. The van der Waals surface area contributed by atoms with E-state index in [2.05, 4.69) is 85.2 Å². The van der Waals surface area contributed by atoms with Crippen molar-refractivity contribution in [2.24, 2.45) is 23.7 Å². The van der Waals surface area contributed by atoms with Crippen LogP contribution in [0.2, 0.25) is 0 Å². The Morgan fingerprint density at radius 2 is 0.787 bits per heavy atom. The molecule has 12 aliphatic rings. The monoisotopic (exact) mass is 1640 g/mol. The molecule has 8 saturated heterocycles. The van der Waals surface area contributed by atoms with E-state index in [4.69, 9.17) is 18.9 Å². The van der Waals surface area contributed by atoms with Crippen LogP contribution in [0.1, 0.15) is 158 Å². The summed E-state index contributed by atoms with van der Waals surface area (Å²) in [4.78, 5) is 121. The highest BCUT2D eigenvalue weighted by molar-refractivity contribution is 6.02. The van der Waals surface area contributed by atoms with Crippen LogP contribution in [-0.2, 0) is 0 Å². The molecule has 12 aromatic rings. The number of benzene rings is 1. The van der Waals surface area contributed by atoms with E-state index in [0.717, 1.165) is 136 Å². The van der Waals surface area contributed by atoms with Gasteiger partial charge in [-0.25, -0.2) is 54.2 Å². The zero-order valence-corrected chi connectivity index (χ0v) is 68.9. The van der Waals surface area contributed by atoms with Crippen molar-refractivity contribution < 1.29 is 42.5 Å². The van der Waals surface area contributed by atoms with Crippen LogP contribution in [0.3, 0.4) is 0 Å². The Morgan fingerprint density at radius 1 is 0.361 bits per heavy atom. The van der Waals surface area contributed by atoms with Crippen LogP contribution in [0.25, 0.3) is 34.4 Å². The molecule has 8 aliphatic heterocycles. The molecule has 12 atom stereocenters. The van der Waals surface area contributed by atoms with E-state index in [-0.39, 0.29) is 77.8 Å². The van der Waals surface area contributed by atoms with E-state index in [0.29, 0.717) is 105 Å². The number of hydrogen-bond acceptors (Lipinski definition) is 25. The van der Waals surface area contributed by atoms with Gasteiger partial charge >= 0.3 is 0 Å². The first-order valence-electron chi connectivity index (χ1n) is 41.7. The molecule has 122 heavy (non-hydrogen) atoms. The minimum atomic E-state index is -0.571. The molecule has 4 saturated carbocycles. The number of nitrogens with zero attached hydrogens (tertiary/aromatic N) is 23. The predicted molar refractivity (Wildman–Crippen MR) is 443 cm³/mol. The van der Waals surface area contributed by atoms with Crippen molar-refractivity contribution in [2.45, 2.75) is 174 Å². The van der Waals surface area contributed by atoms with E-state index < -0.39 is 5.82 Å². The van der Waals surface area contributed by atoms with Crippen LogP contribution >= 0.6 is 0 Å². The van der Waals surface area contributed by atoms with Crippen molar-refractivity contribution in [3.63, 3.8) is 0 Å². The molecule has 0 N–H and O–H groups in total. The second-order valence-electron chi connectivity index (χ2n) is 32.8. The van der Waals surface area contributed by atoms with Gasteiger partial charge in [-0.05, 0) is 214 Å². The first-order valence-corrected chi connectivity index (χ1v) is 41.7. The van der Waals surface area contributed by atoms with Gasteiger partial charge in [-0.1, -0.05) is 24.3 Å². The molecule has 12 fully saturated rings. The third-order valence-electron chi connectivity index (χ3n) is 24.1. The zero-order valence-electron chi connectivity index (χ0n) is 68.9. The number of fused-ring (bicyclic) bond motifs is 12. The van der Waals surface area contributed by atoms with E-state index in [1.54, 1.807) is 122 Å². The fraction of sp³-hybridized carbons (Fsp3) is 0.389. The summed E-state index contributed by atoms with van der Waals surface area (Å²) < 4.78 is 39.7. The van der Waals surface area contributed by atoms with Gasteiger partial charge in [0.05, 0.1) is 102 Å². The first-order chi connectivity index (χ1) is 59.3. The lowest BCUT2D eigenvalue weighted by molar-refractivity contribution is -0.0316. The topological polar surface area (TPSA) is 347 Å². The average molecular weight is 1640 g/mol. The number of ether oxygens (including phenoxy) is 4. The highest BCUT2D eigenvalue weighted by atomic mass is 19.1. The predicted octanol–water partition coefficient (Wildman–Crippen LogP) is 12.0. The molecular formula is C90H94FN23O8. The van der Waals surface area contributed by atoms with Gasteiger partial charge in [0.25, 0.3) is 23.6 Å². The van der Waals surface area contributed by atoms with E-state index >= 15 is 0 Å². The first kappa shape index (κ1) is 81.0. The normalized spacial score (nSPS) is 22.6. The third-order valence-corrected chi connectivity index (χ3v) is 24.1. The van der Waals surface area contributed by atoms with E-state index in [1.807, 2.05) is 118 Å². The standard InChI is InChI=1S/C24H25N5O2.C23H22FN5O2.C22H24N6O2.C21H23N7O2/c1-15-4-7-21(27-12-15)31-20-11-17-5-6-19(20)29(14-17)24(30)18-10-16(2)13-28-22(18)23-25-8-3-9-26-23;1-14-11-28-20(12-27-14)31-19-10-15-6-7-18(19)29(13-15)23(30)21-16(4-2-5-17(21)24)22-25-8-3-9-26-22;1-14-3-8-20(23-12-14)30-19-11-16-5-7-17(19)27(13-16)22(29)21-18(6-4-15(2)26-21)28-24-9-10-25-28;1-13-7-16(20(24-9-13)28-25-5-6-26-28)21(29)27-12-15-3-4-17(27)18(8-15)30-19-11-22-14(2)10-23-19/h3-4,7-10,12-13,17,19-20H,5-6,11,14H2,1-2H3;2-5,8-9,11-12,15,18-19H,6-7,10,13H2,1H3;3-4,6,8-10,12,16-17,19H,5,7,11,13H2,1-2H3;5-7,9-11,15,17-18H,3-4,8,12H2,1-2H3. The Labute approximate surface area is 704 Å². The number of aryl methyl sites for hydroxylation is 7. The molecule has 31 nitrogen and oxygen atoms in total. The largest absolute Gasteiger partial charge is 0.472 e. The quantitative estimate of drug-likeness (QED) is 0.0867. The Bertz CT molecular complexity index is 5500. The lowest BCUT2D eigenvalue weighted by Gasteiger charge is -2.49. The molecular weight excluding hydrogens is 1550 g/mol. The minimum Gasteiger partial charge on any atom is -0.472 e. The maximum absolute atomic E-state index is 14.9. The second-order valence-corrected chi connectivity index (χ2v) is 32.8. The van der Waals surface area contributed by atoms with Crippen LogP contribution in [-0.4, -0.2) is 213 Å². The van der Waals surface area contributed by atoms with Gasteiger partial charge in [0.15, 0.2) is 23.2 Å². The number of piperidine rings is 8. The molecule has 4 aliphatic carbocycles. The average Bonchev–Trinajstić information content (AvgIpc) is 0.856. The number of pyridine rings is 5. The highest BCUT2D eigenvalue weighted by Gasteiger charge is 2.50. The molecule has 0 spiro atoms. The fourth-order valence-electron chi connectivity index (χ4n) is 18.2. The number of halogens is 1. The molecule has 19 heterocycles. The molecule has 624 valence electrons. The van der Waals surface area contributed by atoms with Crippen molar-refractivity contribution in [3.05, 3.63) is 246 Å². The summed E-state index contributed by atoms with van der Waals surface area (Å²) in [6.45, 7) is 16.3. The Morgan fingerprint density at radius 3 is 1.25 bits per heavy atom. The van der Waals surface area contributed by atoms with Crippen molar-refractivity contribution in [1.82, 2.24) is 114 Å². The Kier molecular flexibility index (Phi) is 23.8. The van der Waals surface area contributed by atoms with E-state index in [1.165, 1.54) is 15.7 Å². The Balaban J connectivity index is 0.000000116. The molecule has 32 heteroatoms. The number of carbonyl (C=O) groups excluding carboxylic acids is 4. The third kappa shape index (κ3) is 17.9. The fourth-order valence-corrected chi connectivity index (χ4v) is 18.2. The van der Waals surface area contributed by atoms with Gasteiger partial charge in [-0.2, -0.15) is 20.4 Å². The molecule has 1 aromatic carbocycles. The number of carbonyl (C=O) groups is 4. The van der Waals surface area contributed by atoms with Crippen LogP contribution in [0, 0.1) is 78.0 Å². The van der Waals surface area contributed by atoms with Crippen LogP contribution < -0.4 is 18.9 Å². The summed E-state index contributed by atoms with van der Waals surface area (Å²) >= 11 is 0.